The Morgan fingerprint density at radius 3 is 2.22 bits per heavy atom. The lowest BCUT2D eigenvalue weighted by Gasteiger charge is -2.31. The van der Waals surface area contributed by atoms with Gasteiger partial charge in [-0.25, -0.2) is 0 Å². The number of rotatable bonds is 4. The maximum absolute atomic E-state index is 13.7. The Morgan fingerprint density at radius 2 is 1.60 bits per heavy atom. The molecule has 2 aliphatic heterocycles. The second-order valence-corrected chi connectivity index (χ2v) is 11.9. The lowest BCUT2D eigenvalue weighted by Crippen LogP contribution is -2.58. The first-order valence-electron chi connectivity index (χ1n) is 15.0. The number of carbonyl (C=O) groups is 5. The van der Waals surface area contributed by atoms with Gasteiger partial charge in [0.1, 0.15) is 18.1 Å². The van der Waals surface area contributed by atoms with Gasteiger partial charge in [0.25, 0.3) is 5.91 Å². The molecule has 2 aliphatic rings. The summed E-state index contributed by atoms with van der Waals surface area (Å²) < 4.78 is 39.5. The largest absolute Gasteiger partial charge is 0.416 e. The van der Waals surface area contributed by atoms with Gasteiger partial charge in [0.2, 0.25) is 23.6 Å². The van der Waals surface area contributed by atoms with Gasteiger partial charge in [-0.05, 0) is 61.9 Å². The number of nitrogens with one attached hydrogen (secondary N) is 3. The molecule has 0 aliphatic carbocycles. The zero-order valence-electron chi connectivity index (χ0n) is 25.4. The van der Waals surface area contributed by atoms with Gasteiger partial charge in [-0.2, -0.15) is 13.2 Å². The van der Waals surface area contributed by atoms with E-state index in [2.05, 4.69) is 16.0 Å². The standard InChI is InChI=1S/C32H38F3N5O5/c1-19(2)27-29(43)37-24(16-21-8-5-4-6-9-21)17-39(31(45)22-11-13-23(14-12-22)32(33,34)35)18-26(41)36-20(3)30(44)40-15-7-10-25(40)28(42)38-27/h4-6,8-9,11-14,19-20,24-25,27H,7,10,15-18H2,1-3H3,(H,36,41)(H,37,43)(H,38,42)/t20-,24-,25+,27-/m0/s1. The van der Waals surface area contributed by atoms with Crippen LogP contribution in [-0.2, 0) is 31.8 Å². The van der Waals surface area contributed by atoms with Crippen molar-refractivity contribution in [2.24, 2.45) is 5.92 Å². The molecule has 3 N–H and O–H groups in total. The minimum atomic E-state index is -4.60. The summed E-state index contributed by atoms with van der Waals surface area (Å²) in [5.74, 6) is -3.21. The molecule has 45 heavy (non-hydrogen) atoms. The van der Waals surface area contributed by atoms with Crippen molar-refractivity contribution in [1.82, 2.24) is 25.8 Å². The van der Waals surface area contributed by atoms with Gasteiger partial charge in [0.15, 0.2) is 0 Å². The van der Waals surface area contributed by atoms with Crippen LogP contribution in [0.4, 0.5) is 13.2 Å². The Hall–Kier alpha value is -4.42. The third kappa shape index (κ3) is 8.40. The van der Waals surface area contributed by atoms with E-state index in [0.717, 1.165) is 34.7 Å². The van der Waals surface area contributed by atoms with E-state index in [0.29, 0.717) is 19.4 Å². The van der Waals surface area contributed by atoms with Crippen LogP contribution in [0.3, 0.4) is 0 Å². The van der Waals surface area contributed by atoms with Crippen LogP contribution in [0.5, 0.6) is 0 Å². The van der Waals surface area contributed by atoms with E-state index in [9.17, 15) is 37.1 Å². The summed E-state index contributed by atoms with van der Waals surface area (Å²) in [7, 11) is 0. The number of benzene rings is 2. The molecule has 0 saturated carbocycles. The molecule has 10 nitrogen and oxygen atoms in total. The van der Waals surface area contributed by atoms with Crippen molar-refractivity contribution in [3.63, 3.8) is 0 Å². The molecule has 0 aromatic heterocycles. The highest BCUT2D eigenvalue weighted by Gasteiger charge is 2.39. The number of hydrogen-bond acceptors (Lipinski definition) is 5. The van der Waals surface area contributed by atoms with Crippen LogP contribution < -0.4 is 16.0 Å². The van der Waals surface area contributed by atoms with Gasteiger partial charge in [-0.3, -0.25) is 24.0 Å². The van der Waals surface area contributed by atoms with E-state index in [4.69, 9.17) is 0 Å². The maximum atomic E-state index is 13.7. The van der Waals surface area contributed by atoms with Crippen molar-refractivity contribution in [1.29, 1.82) is 0 Å². The van der Waals surface area contributed by atoms with Gasteiger partial charge in [-0.15, -0.1) is 0 Å². The monoisotopic (exact) mass is 629 g/mol. The van der Waals surface area contributed by atoms with Gasteiger partial charge < -0.3 is 25.8 Å². The van der Waals surface area contributed by atoms with Crippen molar-refractivity contribution in [2.45, 2.75) is 70.4 Å². The van der Waals surface area contributed by atoms with Crippen LogP contribution in [0.1, 0.15) is 55.1 Å². The number of nitrogens with zero attached hydrogens (tertiary/aromatic N) is 2. The molecule has 4 atom stereocenters. The van der Waals surface area contributed by atoms with Crippen molar-refractivity contribution in [3.8, 4) is 0 Å². The van der Waals surface area contributed by atoms with Gasteiger partial charge in [0.05, 0.1) is 18.2 Å². The summed E-state index contributed by atoms with van der Waals surface area (Å²) in [5, 5.41) is 8.34. The molecule has 5 amide bonds. The second kappa shape index (κ2) is 14.1. The minimum Gasteiger partial charge on any atom is -0.349 e. The van der Waals surface area contributed by atoms with E-state index in [1.165, 1.54) is 11.8 Å². The number of amides is 5. The lowest BCUT2D eigenvalue weighted by molar-refractivity contribution is -0.142. The smallest absolute Gasteiger partial charge is 0.349 e. The summed E-state index contributed by atoms with van der Waals surface area (Å²) >= 11 is 0. The highest BCUT2D eigenvalue weighted by Crippen LogP contribution is 2.29. The van der Waals surface area contributed by atoms with Crippen LogP contribution in [0.25, 0.3) is 0 Å². The Kier molecular flexibility index (Phi) is 10.5. The topological polar surface area (TPSA) is 128 Å². The summed E-state index contributed by atoms with van der Waals surface area (Å²) in [4.78, 5) is 69.9. The predicted molar refractivity (Wildman–Crippen MR) is 159 cm³/mol. The molecule has 2 aromatic rings. The number of hydrogen-bond donors (Lipinski definition) is 3. The summed E-state index contributed by atoms with van der Waals surface area (Å²) in [6.45, 7) is 4.60. The van der Waals surface area contributed by atoms with E-state index >= 15 is 0 Å². The molecule has 0 radical (unpaired) electrons. The molecule has 13 heteroatoms. The Morgan fingerprint density at radius 1 is 0.933 bits per heavy atom. The van der Waals surface area contributed by atoms with E-state index in [1.807, 2.05) is 30.3 Å². The van der Waals surface area contributed by atoms with Crippen molar-refractivity contribution >= 4 is 29.5 Å². The highest BCUT2D eigenvalue weighted by molar-refractivity contribution is 5.98. The second-order valence-electron chi connectivity index (χ2n) is 11.9. The molecule has 2 fully saturated rings. The Balaban J connectivity index is 1.72. The number of fused-ring (bicyclic) bond motifs is 1. The SMILES string of the molecule is CC(C)[C@@H]1NC(=O)[C@H]2CCCN2C(=O)[C@H](C)NC(=O)CN(C(=O)c2ccc(C(F)(F)F)cc2)C[C@H](Cc2ccccc2)NC1=O. The number of carbonyl (C=O) groups excluding carboxylic acids is 5. The van der Waals surface area contributed by atoms with Gasteiger partial charge in [-0.1, -0.05) is 44.2 Å². The molecule has 0 unspecified atom stereocenters. The van der Waals surface area contributed by atoms with Crippen LogP contribution in [0.15, 0.2) is 54.6 Å². The third-order valence-electron chi connectivity index (χ3n) is 8.03. The maximum Gasteiger partial charge on any atom is 0.416 e. The first-order valence-corrected chi connectivity index (χ1v) is 15.0. The van der Waals surface area contributed by atoms with Gasteiger partial charge >= 0.3 is 6.18 Å². The molecule has 2 aromatic carbocycles. The quantitative estimate of drug-likeness (QED) is 0.479. The van der Waals surface area contributed by atoms with Crippen LogP contribution in [-0.4, -0.2) is 83.1 Å². The normalized spacial score (nSPS) is 23.9. The van der Waals surface area contributed by atoms with Crippen LogP contribution in [0, 0.1) is 5.92 Å². The predicted octanol–water partition coefficient (Wildman–Crippen LogP) is 2.53. The molecule has 242 valence electrons. The first kappa shape index (κ1) is 33.5. The van der Waals surface area contributed by atoms with Crippen molar-refractivity contribution in [2.75, 3.05) is 19.6 Å². The number of alkyl halides is 3. The Labute approximate surface area is 259 Å². The molecular formula is C32H38F3N5O5. The third-order valence-corrected chi connectivity index (χ3v) is 8.03. The molecule has 2 heterocycles. The van der Waals surface area contributed by atoms with Crippen LogP contribution in [0.2, 0.25) is 0 Å². The summed E-state index contributed by atoms with van der Waals surface area (Å²) in [6, 6.07) is 9.19. The highest BCUT2D eigenvalue weighted by atomic mass is 19.4. The zero-order valence-corrected chi connectivity index (χ0v) is 25.4. The first-order chi connectivity index (χ1) is 21.2. The van der Waals surface area contributed by atoms with E-state index in [-0.39, 0.29) is 24.4 Å². The summed E-state index contributed by atoms with van der Waals surface area (Å²) in [5.41, 5.74) is -0.203. The molecule has 0 spiro atoms. The minimum absolute atomic E-state index is 0.0881. The Bertz CT molecular complexity index is 1400. The summed E-state index contributed by atoms with van der Waals surface area (Å²) in [6.07, 6.45) is -3.39. The van der Waals surface area contributed by atoms with E-state index < -0.39 is 72.0 Å². The average molecular weight is 630 g/mol. The van der Waals surface area contributed by atoms with Crippen molar-refractivity contribution < 1.29 is 37.1 Å². The van der Waals surface area contributed by atoms with E-state index in [1.54, 1.807) is 13.8 Å². The van der Waals surface area contributed by atoms with Crippen molar-refractivity contribution in [3.05, 3.63) is 71.3 Å². The molecule has 2 saturated heterocycles. The molecule has 0 bridgehead atoms. The fourth-order valence-electron chi connectivity index (χ4n) is 5.68. The lowest BCUT2D eigenvalue weighted by atomic mass is 10.00. The molecule has 4 rings (SSSR count). The fraction of sp³-hybridized carbons (Fsp3) is 0.469. The fourth-order valence-corrected chi connectivity index (χ4v) is 5.68. The number of halogens is 3. The van der Waals surface area contributed by atoms with Crippen LogP contribution >= 0.6 is 0 Å². The molecular weight excluding hydrogens is 591 g/mol. The van der Waals surface area contributed by atoms with Gasteiger partial charge in [0, 0.05) is 18.7 Å². The zero-order chi connectivity index (χ0) is 32.9. The average Bonchev–Trinajstić information content (AvgIpc) is 3.48.